The van der Waals surface area contributed by atoms with Gasteiger partial charge in [0.15, 0.2) is 0 Å². The third-order valence-electron chi connectivity index (χ3n) is 2.57. The molecule has 1 aliphatic heterocycles. The summed E-state index contributed by atoms with van der Waals surface area (Å²) >= 11 is 0. The van der Waals surface area contributed by atoms with E-state index in [2.05, 4.69) is 4.98 Å². The van der Waals surface area contributed by atoms with Gasteiger partial charge in [0, 0.05) is 23.6 Å². The van der Waals surface area contributed by atoms with Crippen LogP contribution in [0.25, 0.3) is 5.69 Å². The predicted molar refractivity (Wildman–Crippen MR) is 56.5 cm³/mol. The highest BCUT2D eigenvalue weighted by Crippen LogP contribution is 2.23. The molecule has 76 valence electrons. The first-order chi connectivity index (χ1) is 7.34. The van der Waals surface area contributed by atoms with E-state index in [1.54, 1.807) is 6.20 Å². The third-order valence-corrected chi connectivity index (χ3v) is 2.57. The van der Waals surface area contributed by atoms with E-state index in [0.717, 1.165) is 22.8 Å². The van der Waals surface area contributed by atoms with E-state index < -0.39 is 0 Å². The molecule has 2 aromatic rings. The molecule has 0 radical (unpaired) electrons. The van der Waals surface area contributed by atoms with Crippen LogP contribution in [0, 0.1) is 0 Å². The Kier molecular flexibility index (Phi) is 1.76. The van der Waals surface area contributed by atoms with Gasteiger partial charge in [-0.3, -0.25) is 0 Å². The first-order valence-corrected chi connectivity index (χ1v) is 4.83. The van der Waals surface area contributed by atoms with E-state index in [4.69, 9.17) is 10.5 Å². The van der Waals surface area contributed by atoms with Gasteiger partial charge in [0.05, 0.1) is 12.3 Å². The van der Waals surface area contributed by atoms with Crippen molar-refractivity contribution in [3.63, 3.8) is 0 Å². The zero-order valence-electron chi connectivity index (χ0n) is 8.18. The van der Waals surface area contributed by atoms with Gasteiger partial charge in [0.1, 0.15) is 12.4 Å². The maximum Gasteiger partial charge on any atom is 0.139 e. The molecule has 0 amide bonds. The van der Waals surface area contributed by atoms with Gasteiger partial charge in [-0.15, -0.1) is 0 Å². The van der Waals surface area contributed by atoms with Crippen molar-refractivity contribution in [3.8, 4) is 5.69 Å². The van der Waals surface area contributed by atoms with Gasteiger partial charge in [-0.2, -0.15) is 0 Å². The van der Waals surface area contributed by atoms with Crippen LogP contribution in [0.4, 0.5) is 5.69 Å². The molecule has 2 heterocycles. The number of benzene rings is 1. The van der Waals surface area contributed by atoms with Crippen LogP contribution in [0.2, 0.25) is 0 Å². The second kappa shape index (κ2) is 3.10. The summed E-state index contributed by atoms with van der Waals surface area (Å²) in [5.41, 5.74) is 8.72. The Labute approximate surface area is 87.3 Å². The highest BCUT2D eigenvalue weighted by atomic mass is 16.5. The van der Waals surface area contributed by atoms with Crippen LogP contribution in [0.1, 0.15) is 11.4 Å². The van der Waals surface area contributed by atoms with Crippen LogP contribution in [-0.2, 0) is 18.0 Å². The number of ether oxygens (including phenoxy) is 1. The topological polar surface area (TPSA) is 53.1 Å². The first-order valence-electron chi connectivity index (χ1n) is 4.83. The molecule has 3 rings (SSSR count). The average molecular weight is 201 g/mol. The van der Waals surface area contributed by atoms with E-state index in [1.165, 1.54) is 0 Å². The minimum atomic E-state index is 0.543. The Morgan fingerprint density at radius 1 is 1.33 bits per heavy atom. The maximum atomic E-state index is 5.75. The monoisotopic (exact) mass is 201 g/mol. The summed E-state index contributed by atoms with van der Waals surface area (Å²) in [6, 6.07) is 5.85. The summed E-state index contributed by atoms with van der Waals surface area (Å²) in [5.74, 6) is 0.929. The third kappa shape index (κ3) is 1.30. The van der Waals surface area contributed by atoms with E-state index in [1.807, 2.05) is 29.0 Å². The van der Waals surface area contributed by atoms with Crippen molar-refractivity contribution < 1.29 is 4.74 Å². The molecule has 0 atom stereocenters. The van der Waals surface area contributed by atoms with Crippen molar-refractivity contribution in [1.29, 1.82) is 0 Å². The summed E-state index contributed by atoms with van der Waals surface area (Å²) in [6.07, 6.45) is 3.73. The molecule has 0 saturated carbocycles. The summed E-state index contributed by atoms with van der Waals surface area (Å²) in [6.45, 7) is 1.13. The molecular formula is C11H11N3O. The molecule has 0 saturated heterocycles. The van der Waals surface area contributed by atoms with Crippen LogP contribution in [0.5, 0.6) is 0 Å². The Morgan fingerprint density at radius 3 is 3.20 bits per heavy atom. The van der Waals surface area contributed by atoms with Crippen molar-refractivity contribution in [3.05, 3.63) is 42.0 Å². The van der Waals surface area contributed by atoms with E-state index in [-0.39, 0.29) is 0 Å². The number of hydrogen-bond donors (Lipinski definition) is 1. The van der Waals surface area contributed by atoms with E-state index in [9.17, 15) is 0 Å². The fraction of sp³-hybridized carbons (Fsp3) is 0.182. The molecule has 1 aromatic heterocycles. The smallest absolute Gasteiger partial charge is 0.139 e. The zero-order valence-corrected chi connectivity index (χ0v) is 8.18. The molecule has 0 aliphatic carbocycles. The Bertz CT molecular complexity index is 504. The quantitative estimate of drug-likeness (QED) is 0.657. The van der Waals surface area contributed by atoms with Crippen molar-refractivity contribution in [1.82, 2.24) is 9.55 Å². The van der Waals surface area contributed by atoms with Crippen LogP contribution >= 0.6 is 0 Å². The van der Waals surface area contributed by atoms with Gasteiger partial charge in [-0.1, -0.05) is 0 Å². The maximum absolute atomic E-state index is 5.75. The van der Waals surface area contributed by atoms with Crippen molar-refractivity contribution >= 4 is 5.69 Å². The number of hydrogen-bond acceptors (Lipinski definition) is 3. The molecule has 1 aliphatic rings. The van der Waals surface area contributed by atoms with Gasteiger partial charge in [0.2, 0.25) is 0 Å². The molecule has 1 aromatic carbocycles. The molecule has 4 nitrogen and oxygen atoms in total. The van der Waals surface area contributed by atoms with E-state index in [0.29, 0.717) is 13.2 Å². The van der Waals surface area contributed by atoms with Gasteiger partial charge >= 0.3 is 0 Å². The SMILES string of the molecule is Nc1ccc2c(c1)COCc1nccn1-2. The summed E-state index contributed by atoms with van der Waals surface area (Å²) < 4.78 is 7.57. The van der Waals surface area contributed by atoms with Gasteiger partial charge in [-0.25, -0.2) is 4.98 Å². The highest BCUT2D eigenvalue weighted by molar-refractivity contribution is 5.52. The lowest BCUT2D eigenvalue weighted by atomic mass is 10.1. The Hall–Kier alpha value is -1.81. The first kappa shape index (κ1) is 8.49. The van der Waals surface area contributed by atoms with Crippen molar-refractivity contribution in [2.24, 2.45) is 0 Å². The largest absolute Gasteiger partial charge is 0.399 e. The molecule has 0 spiro atoms. The Balaban J connectivity index is 2.25. The Morgan fingerprint density at radius 2 is 2.27 bits per heavy atom. The van der Waals surface area contributed by atoms with Gasteiger partial charge < -0.3 is 15.0 Å². The van der Waals surface area contributed by atoms with E-state index >= 15 is 0 Å². The van der Waals surface area contributed by atoms with Gasteiger partial charge in [-0.05, 0) is 18.2 Å². The molecule has 0 bridgehead atoms. The lowest BCUT2D eigenvalue weighted by Crippen LogP contribution is -1.99. The molecule has 15 heavy (non-hydrogen) atoms. The average Bonchev–Trinajstić information content (AvgIpc) is 2.61. The van der Waals surface area contributed by atoms with Crippen LogP contribution < -0.4 is 5.73 Å². The number of anilines is 1. The minimum absolute atomic E-state index is 0.543. The van der Waals surface area contributed by atoms with Crippen LogP contribution in [0.3, 0.4) is 0 Å². The zero-order chi connectivity index (χ0) is 10.3. The molecule has 4 heteroatoms. The summed E-state index contributed by atoms with van der Waals surface area (Å²) in [5, 5.41) is 0. The molecule has 0 unspecified atom stereocenters. The summed E-state index contributed by atoms with van der Waals surface area (Å²) in [4.78, 5) is 4.24. The number of nitrogens with zero attached hydrogens (tertiary/aromatic N) is 2. The number of nitrogen functional groups attached to an aromatic ring is 1. The van der Waals surface area contributed by atoms with Crippen molar-refractivity contribution in [2.75, 3.05) is 5.73 Å². The number of aromatic nitrogens is 2. The number of nitrogens with two attached hydrogens (primary N) is 1. The second-order valence-corrected chi connectivity index (χ2v) is 3.59. The molecule has 2 N–H and O–H groups in total. The van der Waals surface area contributed by atoms with Gasteiger partial charge in [0.25, 0.3) is 0 Å². The minimum Gasteiger partial charge on any atom is -0.399 e. The lowest BCUT2D eigenvalue weighted by Gasteiger charge is -2.08. The predicted octanol–water partition coefficient (Wildman–Crippen LogP) is 1.48. The number of rotatable bonds is 0. The number of fused-ring (bicyclic) bond motifs is 3. The highest BCUT2D eigenvalue weighted by Gasteiger charge is 2.14. The lowest BCUT2D eigenvalue weighted by molar-refractivity contribution is 0.105. The normalized spacial score (nSPS) is 14.1. The molecular weight excluding hydrogens is 190 g/mol. The fourth-order valence-electron chi connectivity index (χ4n) is 1.87. The standard InChI is InChI=1S/C11H11N3O/c12-9-1-2-10-8(5-9)6-15-7-11-13-3-4-14(10)11/h1-5H,6-7,12H2. The summed E-state index contributed by atoms with van der Waals surface area (Å²) in [7, 11) is 0. The molecule has 0 fully saturated rings. The second-order valence-electron chi connectivity index (χ2n) is 3.59. The fourth-order valence-corrected chi connectivity index (χ4v) is 1.87. The van der Waals surface area contributed by atoms with Crippen molar-refractivity contribution in [2.45, 2.75) is 13.2 Å². The van der Waals surface area contributed by atoms with Crippen LogP contribution in [-0.4, -0.2) is 9.55 Å². The number of imidazole rings is 1. The van der Waals surface area contributed by atoms with Crippen LogP contribution in [0.15, 0.2) is 30.6 Å².